The highest BCUT2D eigenvalue weighted by atomic mass is 79.9. The van der Waals surface area contributed by atoms with Gasteiger partial charge >= 0.3 is 0 Å². The van der Waals surface area contributed by atoms with Crippen LogP contribution < -0.4 is 10.5 Å². The maximum Gasteiger partial charge on any atom is 0.133 e. The maximum atomic E-state index is 6.18. The van der Waals surface area contributed by atoms with Crippen molar-refractivity contribution >= 4 is 15.9 Å². The molecule has 0 aromatic heterocycles. The van der Waals surface area contributed by atoms with E-state index in [0.29, 0.717) is 13.2 Å². The van der Waals surface area contributed by atoms with Crippen molar-refractivity contribution in [1.29, 1.82) is 0 Å². The van der Waals surface area contributed by atoms with E-state index in [1.165, 1.54) is 0 Å². The summed E-state index contributed by atoms with van der Waals surface area (Å²) in [5, 5.41) is 0. The molecule has 0 aliphatic carbocycles. The Bertz CT molecular complexity index is 378. The third-order valence-electron chi connectivity index (χ3n) is 3.28. The number of rotatable bonds is 7. The summed E-state index contributed by atoms with van der Waals surface area (Å²) in [6.45, 7) is 5.35. The number of hydrogen-bond donors (Lipinski definition) is 1. The van der Waals surface area contributed by atoms with Gasteiger partial charge in [-0.25, -0.2) is 0 Å². The molecule has 0 heterocycles. The van der Waals surface area contributed by atoms with Gasteiger partial charge in [0.1, 0.15) is 5.75 Å². The highest BCUT2D eigenvalue weighted by molar-refractivity contribution is 9.10. The second kappa shape index (κ2) is 7.12. The van der Waals surface area contributed by atoms with E-state index in [1.54, 1.807) is 7.11 Å². The SMILES string of the molecule is CCC(N)(CC)COCc1ccc(OC)c(Br)c1. The first-order chi connectivity index (χ1) is 8.54. The Morgan fingerprint density at radius 2 is 1.94 bits per heavy atom. The molecule has 2 N–H and O–H groups in total. The first-order valence-corrected chi connectivity index (χ1v) is 7.03. The summed E-state index contributed by atoms with van der Waals surface area (Å²) in [6, 6.07) is 5.94. The van der Waals surface area contributed by atoms with Gasteiger partial charge in [0, 0.05) is 5.54 Å². The van der Waals surface area contributed by atoms with Gasteiger partial charge in [0.2, 0.25) is 0 Å². The fourth-order valence-electron chi connectivity index (χ4n) is 1.63. The molecule has 1 aromatic carbocycles. The predicted molar refractivity (Wildman–Crippen MR) is 77.9 cm³/mol. The van der Waals surface area contributed by atoms with E-state index in [-0.39, 0.29) is 5.54 Å². The van der Waals surface area contributed by atoms with E-state index in [2.05, 4.69) is 29.8 Å². The molecule has 0 saturated heterocycles. The lowest BCUT2D eigenvalue weighted by atomic mass is 9.96. The zero-order valence-corrected chi connectivity index (χ0v) is 12.9. The van der Waals surface area contributed by atoms with Crippen molar-refractivity contribution < 1.29 is 9.47 Å². The normalized spacial score (nSPS) is 11.6. The molecular weight excluding hydrogens is 294 g/mol. The monoisotopic (exact) mass is 315 g/mol. The molecule has 0 aliphatic heterocycles. The Morgan fingerprint density at radius 3 is 2.44 bits per heavy atom. The average Bonchev–Trinajstić information content (AvgIpc) is 2.39. The lowest BCUT2D eigenvalue weighted by molar-refractivity contribution is 0.0696. The van der Waals surface area contributed by atoms with Crippen LogP contribution in [-0.2, 0) is 11.3 Å². The number of hydrogen-bond acceptors (Lipinski definition) is 3. The topological polar surface area (TPSA) is 44.5 Å². The second-order valence-electron chi connectivity index (χ2n) is 4.53. The van der Waals surface area contributed by atoms with Crippen LogP contribution in [0.1, 0.15) is 32.3 Å². The number of nitrogens with two attached hydrogens (primary N) is 1. The number of methoxy groups -OCH3 is 1. The zero-order valence-electron chi connectivity index (χ0n) is 11.3. The molecule has 0 spiro atoms. The molecule has 0 unspecified atom stereocenters. The molecule has 0 atom stereocenters. The van der Waals surface area contributed by atoms with Crippen molar-refractivity contribution in [3.8, 4) is 5.75 Å². The summed E-state index contributed by atoms with van der Waals surface area (Å²) in [5.41, 5.74) is 7.09. The van der Waals surface area contributed by atoms with Crippen LogP contribution in [0.3, 0.4) is 0 Å². The molecule has 0 amide bonds. The summed E-state index contributed by atoms with van der Waals surface area (Å²) in [6.07, 6.45) is 1.85. The first kappa shape index (κ1) is 15.5. The highest BCUT2D eigenvalue weighted by Gasteiger charge is 2.20. The molecule has 0 saturated carbocycles. The number of benzene rings is 1. The van der Waals surface area contributed by atoms with Crippen LogP contribution in [-0.4, -0.2) is 19.3 Å². The summed E-state index contributed by atoms with van der Waals surface area (Å²) in [4.78, 5) is 0. The highest BCUT2D eigenvalue weighted by Crippen LogP contribution is 2.26. The summed E-state index contributed by atoms with van der Waals surface area (Å²) in [5.74, 6) is 0.828. The molecule has 102 valence electrons. The van der Waals surface area contributed by atoms with Gasteiger partial charge in [-0.15, -0.1) is 0 Å². The van der Waals surface area contributed by atoms with Crippen molar-refractivity contribution in [2.24, 2.45) is 5.73 Å². The molecule has 0 bridgehead atoms. The molecule has 0 aliphatic rings. The van der Waals surface area contributed by atoms with Gasteiger partial charge in [0.05, 0.1) is 24.8 Å². The maximum absolute atomic E-state index is 6.18. The van der Waals surface area contributed by atoms with Crippen LogP contribution in [0.25, 0.3) is 0 Å². The van der Waals surface area contributed by atoms with Gasteiger partial charge < -0.3 is 15.2 Å². The second-order valence-corrected chi connectivity index (χ2v) is 5.39. The van der Waals surface area contributed by atoms with Crippen LogP contribution in [0.15, 0.2) is 22.7 Å². The zero-order chi connectivity index (χ0) is 13.6. The molecule has 3 nitrogen and oxygen atoms in total. The van der Waals surface area contributed by atoms with Crippen LogP contribution in [0.2, 0.25) is 0 Å². The van der Waals surface area contributed by atoms with Crippen molar-refractivity contribution in [1.82, 2.24) is 0 Å². The molecule has 4 heteroatoms. The van der Waals surface area contributed by atoms with Crippen LogP contribution >= 0.6 is 15.9 Å². The molecular formula is C14H22BrNO2. The minimum atomic E-state index is -0.205. The Kier molecular flexibility index (Phi) is 6.12. The largest absolute Gasteiger partial charge is 0.496 e. The quantitative estimate of drug-likeness (QED) is 0.837. The Morgan fingerprint density at radius 1 is 1.28 bits per heavy atom. The summed E-state index contributed by atoms with van der Waals surface area (Å²) >= 11 is 3.46. The van der Waals surface area contributed by atoms with Gasteiger partial charge in [0.25, 0.3) is 0 Å². The van der Waals surface area contributed by atoms with E-state index in [0.717, 1.165) is 28.6 Å². The molecule has 1 aromatic rings. The predicted octanol–water partition coefficient (Wildman–Crippen LogP) is 3.49. The van der Waals surface area contributed by atoms with E-state index < -0.39 is 0 Å². The molecule has 0 fully saturated rings. The van der Waals surface area contributed by atoms with Crippen molar-refractivity contribution in [3.63, 3.8) is 0 Å². The van der Waals surface area contributed by atoms with E-state index in [4.69, 9.17) is 15.2 Å². The van der Waals surface area contributed by atoms with E-state index in [1.807, 2.05) is 18.2 Å². The molecule has 1 rings (SSSR count). The molecule has 0 radical (unpaired) electrons. The van der Waals surface area contributed by atoms with Gasteiger partial charge in [0.15, 0.2) is 0 Å². The van der Waals surface area contributed by atoms with Gasteiger partial charge in [-0.3, -0.25) is 0 Å². The van der Waals surface area contributed by atoms with Crippen molar-refractivity contribution in [2.45, 2.75) is 38.8 Å². The van der Waals surface area contributed by atoms with Gasteiger partial charge in [-0.2, -0.15) is 0 Å². The lowest BCUT2D eigenvalue weighted by Gasteiger charge is -2.26. The first-order valence-electron chi connectivity index (χ1n) is 6.23. The van der Waals surface area contributed by atoms with Crippen LogP contribution in [0, 0.1) is 0 Å². The third kappa shape index (κ3) is 4.26. The minimum Gasteiger partial charge on any atom is -0.496 e. The third-order valence-corrected chi connectivity index (χ3v) is 3.90. The Hall–Kier alpha value is -0.580. The minimum absolute atomic E-state index is 0.205. The standard InChI is InChI=1S/C14H22BrNO2/c1-4-14(16,5-2)10-18-9-11-6-7-13(17-3)12(15)8-11/h6-8H,4-5,9-10,16H2,1-3H3. The Labute approximate surface area is 118 Å². The molecule has 18 heavy (non-hydrogen) atoms. The van der Waals surface area contributed by atoms with Crippen molar-refractivity contribution in [2.75, 3.05) is 13.7 Å². The van der Waals surface area contributed by atoms with E-state index in [9.17, 15) is 0 Å². The van der Waals surface area contributed by atoms with Gasteiger partial charge in [-0.05, 0) is 46.5 Å². The lowest BCUT2D eigenvalue weighted by Crippen LogP contribution is -2.43. The van der Waals surface area contributed by atoms with E-state index >= 15 is 0 Å². The average molecular weight is 316 g/mol. The number of ether oxygens (including phenoxy) is 2. The van der Waals surface area contributed by atoms with Crippen molar-refractivity contribution in [3.05, 3.63) is 28.2 Å². The fraction of sp³-hybridized carbons (Fsp3) is 0.571. The Balaban J connectivity index is 2.52. The smallest absolute Gasteiger partial charge is 0.133 e. The number of halogens is 1. The van der Waals surface area contributed by atoms with Crippen LogP contribution in [0.4, 0.5) is 0 Å². The summed E-state index contributed by atoms with van der Waals surface area (Å²) < 4.78 is 11.8. The van der Waals surface area contributed by atoms with Crippen LogP contribution in [0.5, 0.6) is 5.75 Å². The summed E-state index contributed by atoms with van der Waals surface area (Å²) in [7, 11) is 1.65. The van der Waals surface area contributed by atoms with Gasteiger partial charge in [-0.1, -0.05) is 19.9 Å². The fourth-order valence-corrected chi connectivity index (χ4v) is 2.21.